The minimum absolute atomic E-state index is 0.263. The lowest BCUT2D eigenvalue weighted by molar-refractivity contribution is -0.168. The van der Waals surface area contributed by atoms with Crippen molar-refractivity contribution < 1.29 is 63.2 Å². The Morgan fingerprint density at radius 1 is 0.684 bits per heavy atom. The van der Waals surface area contributed by atoms with E-state index in [1.54, 1.807) is 20.8 Å². The van der Waals surface area contributed by atoms with Crippen LogP contribution >= 0.6 is 0 Å². The normalized spacial score (nSPS) is 22.7. The van der Waals surface area contributed by atoms with Crippen LogP contribution in [0.4, 0.5) is 13.2 Å². The molecule has 0 radical (unpaired) electrons. The molecule has 0 unspecified atom stereocenters. The minimum atomic E-state index is -4.78. The zero-order valence-corrected chi connectivity index (χ0v) is 49.1. The third-order valence-corrected chi connectivity index (χ3v) is 25.3. The minimum Gasteiger partial charge on any atom is -0.462 e. The molecule has 5 aromatic rings. The van der Waals surface area contributed by atoms with Crippen molar-refractivity contribution in [2.75, 3.05) is 26.8 Å². The van der Waals surface area contributed by atoms with Crippen LogP contribution in [0.1, 0.15) is 78.2 Å². The Morgan fingerprint density at radius 3 is 1.57 bits per heavy atom. The highest BCUT2D eigenvalue weighted by molar-refractivity contribution is 7.86. The molecule has 2 aliphatic carbocycles. The molecule has 1 aliphatic heterocycles. The fourth-order valence-corrected chi connectivity index (χ4v) is 20.8. The molecule has 0 saturated carbocycles. The molecule has 0 aromatic heterocycles. The number of epoxide rings is 1. The van der Waals surface area contributed by atoms with E-state index >= 15 is 4.79 Å². The number of carbonyl (C=O) groups excluding carboxylic acids is 2. The SMILES string of the molecule is COCO[C@@H](COC(=O)C(C)(C)C)[C@@]1(C(=O)c2ccc(C(F)(F)F)cc2)C#CC2=C[C@H](O[Si](c3ccccc3)(c3ccccc3)C(C)(C)C)[C@@H](O[Si](c3ccccc3)(c3ccccc3)C(C)(C)C)[C@@]23O[C@H]3C#C[C@H]1OS(C)(=O)=O. The van der Waals surface area contributed by atoms with Crippen molar-refractivity contribution in [1.82, 2.24) is 0 Å². The van der Waals surface area contributed by atoms with Gasteiger partial charge < -0.3 is 27.8 Å². The molecule has 0 amide bonds. The zero-order chi connectivity index (χ0) is 57.5. The first kappa shape index (κ1) is 59.2. The summed E-state index contributed by atoms with van der Waals surface area (Å²) in [4.78, 5) is 29.5. The van der Waals surface area contributed by atoms with E-state index in [9.17, 15) is 26.4 Å². The Hall–Kier alpha value is -5.97. The second-order valence-corrected chi connectivity index (χ2v) is 33.3. The van der Waals surface area contributed by atoms with Gasteiger partial charge in [-0.2, -0.15) is 21.6 Å². The average Bonchev–Trinajstić information content (AvgIpc) is 2.95. The quantitative estimate of drug-likeness (QED) is 0.0159. The smallest absolute Gasteiger partial charge is 0.416 e. The largest absolute Gasteiger partial charge is 0.462 e. The number of carbonyl (C=O) groups is 2. The fourth-order valence-electron chi connectivity index (χ4n) is 10.9. The molecule has 7 atom stereocenters. The van der Waals surface area contributed by atoms with Crippen molar-refractivity contribution in [2.24, 2.45) is 10.8 Å². The highest BCUT2D eigenvalue weighted by atomic mass is 32.2. The number of benzene rings is 5. The molecule has 1 saturated heterocycles. The predicted octanol–water partition coefficient (Wildman–Crippen LogP) is 8.79. The van der Waals surface area contributed by atoms with Gasteiger partial charge in [0, 0.05) is 18.2 Å². The summed E-state index contributed by atoms with van der Waals surface area (Å²) in [7, 11) is -10.4. The molecule has 8 rings (SSSR count). The highest BCUT2D eigenvalue weighted by Gasteiger charge is 2.73. The molecule has 17 heteroatoms. The van der Waals surface area contributed by atoms with Gasteiger partial charge in [-0.25, -0.2) is 0 Å². The molecule has 11 nitrogen and oxygen atoms in total. The number of ether oxygens (including phenoxy) is 4. The Balaban J connectivity index is 1.47. The summed E-state index contributed by atoms with van der Waals surface area (Å²) >= 11 is 0. The van der Waals surface area contributed by atoms with E-state index in [0.29, 0.717) is 0 Å². The fraction of sp³-hybridized carbons (Fsp3) is 0.387. The second kappa shape index (κ2) is 22.2. The summed E-state index contributed by atoms with van der Waals surface area (Å²) in [5.74, 6) is 10.7. The molecule has 5 aromatic carbocycles. The van der Waals surface area contributed by atoms with Crippen LogP contribution in [0.15, 0.2) is 157 Å². The number of hydrogen-bond acceptors (Lipinski definition) is 11. The standard InChI is InChI=1S/C62H67F3O11SSi2/c1-57(2,3)56(67)71-41-53(72-42-70-10)60(54(66)43-32-34-44(35-33-43)62(63,64)65)39-38-45-40-50(75-78(58(4,5)6,46-24-16-12-17-25-46)47-26-18-13-19-27-47)55(61(45)52(73-61)37-36-51(60)74-77(11,68)69)76-79(59(7,8)9,48-28-20-14-21-29-48)49-30-22-15-23-31-49/h12-35,40,50-53,55H,41-42H2,1-11H3/t50-,51+,52-,53-,55+,60+,61+/m0/s1. The monoisotopic (exact) mass is 1130 g/mol. The number of rotatable bonds is 18. The van der Waals surface area contributed by atoms with Gasteiger partial charge in [0.2, 0.25) is 0 Å². The molecular weight excluding hydrogens is 1070 g/mol. The Labute approximate surface area is 464 Å². The molecule has 0 bridgehead atoms. The van der Waals surface area contributed by atoms with Crippen LogP contribution in [0.25, 0.3) is 0 Å². The lowest BCUT2D eigenvalue weighted by atomic mass is 9.71. The number of Topliss-reactive ketones (excluding diaryl/α,β-unsaturated/α-hetero) is 1. The Kier molecular flexibility index (Phi) is 16.6. The third kappa shape index (κ3) is 11.4. The van der Waals surface area contributed by atoms with Gasteiger partial charge in [0.05, 0.1) is 23.3 Å². The van der Waals surface area contributed by atoms with Crippen molar-refractivity contribution in [2.45, 2.75) is 115 Å². The molecule has 79 heavy (non-hydrogen) atoms. The summed E-state index contributed by atoms with van der Waals surface area (Å²) in [6, 6.07) is 43.6. The zero-order valence-electron chi connectivity index (χ0n) is 46.3. The third-order valence-electron chi connectivity index (χ3n) is 14.7. The first-order chi connectivity index (χ1) is 37.1. The predicted molar refractivity (Wildman–Crippen MR) is 301 cm³/mol. The number of methoxy groups -OCH3 is 1. The van der Waals surface area contributed by atoms with E-state index in [0.717, 1.165) is 51.3 Å². The Bertz CT molecular complexity index is 3200. The van der Waals surface area contributed by atoms with Crippen molar-refractivity contribution in [3.8, 4) is 23.7 Å². The maximum Gasteiger partial charge on any atom is 0.416 e. The molecular formula is C62H67F3O11SSi2. The van der Waals surface area contributed by atoms with Crippen molar-refractivity contribution in [3.05, 3.63) is 168 Å². The Morgan fingerprint density at radius 2 is 1.15 bits per heavy atom. The van der Waals surface area contributed by atoms with Gasteiger partial charge in [0.25, 0.3) is 26.8 Å². The van der Waals surface area contributed by atoms with Crippen molar-refractivity contribution in [1.29, 1.82) is 0 Å². The second-order valence-electron chi connectivity index (χ2n) is 23.2. The summed E-state index contributed by atoms with van der Waals surface area (Å²) in [5, 5.41) is 2.69. The maximum atomic E-state index is 15.9. The average molecular weight is 1130 g/mol. The van der Waals surface area contributed by atoms with E-state index in [2.05, 4.69) is 114 Å². The van der Waals surface area contributed by atoms with E-state index in [1.807, 2.05) is 78.9 Å². The summed E-state index contributed by atoms with van der Waals surface area (Å²) < 4.78 is 116. The van der Waals surface area contributed by atoms with Crippen LogP contribution in [0, 0.1) is 34.5 Å². The first-order valence-corrected chi connectivity index (χ1v) is 31.6. The summed E-state index contributed by atoms with van der Waals surface area (Å²) in [5.41, 5.74) is -6.38. The van der Waals surface area contributed by atoms with Crippen LogP contribution in [-0.2, 0) is 53.1 Å². The highest BCUT2D eigenvalue weighted by Crippen LogP contribution is 2.56. The molecule has 0 N–H and O–H groups in total. The van der Waals surface area contributed by atoms with Gasteiger partial charge in [0.15, 0.2) is 29.0 Å². The van der Waals surface area contributed by atoms with Gasteiger partial charge in [0.1, 0.15) is 25.6 Å². The van der Waals surface area contributed by atoms with Crippen LogP contribution in [0.5, 0.6) is 0 Å². The van der Waals surface area contributed by atoms with Crippen LogP contribution < -0.4 is 20.7 Å². The van der Waals surface area contributed by atoms with Gasteiger partial charge in [-0.05, 0) is 69.8 Å². The van der Waals surface area contributed by atoms with E-state index in [-0.39, 0.29) is 11.1 Å². The van der Waals surface area contributed by atoms with Crippen molar-refractivity contribution in [3.63, 3.8) is 0 Å². The maximum absolute atomic E-state index is 15.9. The topological polar surface area (TPSA) is 136 Å². The number of alkyl halides is 3. The number of esters is 1. The van der Waals surface area contributed by atoms with Crippen LogP contribution in [-0.4, -0.2) is 99.7 Å². The number of hydrogen-bond donors (Lipinski definition) is 0. The van der Waals surface area contributed by atoms with Gasteiger partial charge in [-0.3, -0.25) is 13.8 Å². The summed E-state index contributed by atoms with van der Waals surface area (Å²) in [6.45, 7) is 16.4. The van der Waals surface area contributed by atoms with Gasteiger partial charge in [-0.1, -0.05) is 199 Å². The van der Waals surface area contributed by atoms with Gasteiger partial charge >= 0.3 is 12.1 Å². The number of halogens is 3. The first-order valence-electron chi connectivity index (χ1n) is 26.0. The number of ketones is 1. The van der Waals surface area contributed by atoms with Crippen molar-refractivity contribution >= 4 is 59.3 Å². The lowest BCUT2D eigenvalue weighted by Crippen LogP contribution is -2.71. The molecule has 1 heterocycles. The van der Waals surface area contributed by atoms with E-state index in [1.165, 1.54) is 7.11 Å². The van der Waals surface area contributed by atoms with E-state index in [4.69, 9.17) is 32.0 Å². The molecule has 416 valence electrons. The van der Waals surface area contributed by atoms with E-state index < -0.39 is 121 Å². The van der Waals surface area contributed by atoms with Crippen LogP contribution in [0.2, 0.25) is 10.1 Å². The van der Waals surface area contributed by atoms with Crippen LogP contribution in [0.3, 0.4) is 0 Å². The lowest BCUT2D eigenvalue weighted by Gasteiger charge is -2.48. The molecule has 1 spiro atoms. The molecule has 3 aliphatic rings. The van der Waals surface area contributed by atoms with Gasteiger partial charge in [-0.15, -0.1) is 0 Å². The molecule has 1 fully saturated rings. The summed E-state index contributed by atoms with van der Waals surface area (Å²) in [6.07, 6.45) is -9.12.